The molecule has 0 N–H and O–H groups in total. The fraction of sp³-hybridized carbons (Fsp3) is 0.357. The number of alkyl halides is 3. The number of halogens is 4. The first-order chi connectivity index (χ1) is 9.87. The summed E-state index contributed by atoms with van der Waals surface area (Å²) in [5.41, 5.74) is 1.84. The number of rotatable bonds is 5. The van der Waals surface area contributed by atoms with Crippen LogP contribution in [-0.4, -0.2) is 24.4 Å². The normalized spacial score (nSPS) is 11.9. The SMILES string of the molecule is Cc1sc(CCOCC(F)(F)F)nc1-c1ccccc1Br. The van der Waals surface area contributed by atoms with Crippen LogP contribution in [0.5, 0.6) is 0 Å². The van der Waals surface area contributed by atoms with Gasteiger partial charge in [0.2, 0.25) is 0 Å². The van der Waals surface area contributed by atoms with Crippen molar-refractivity contribution in [3.63, 3.8) is 0 Å². The Morgan fingerprint density at radius 1 is 1.29 bits per heavy atom. The van der Waals surface area contributed by atoms with Gasteiger partial charge in [0.25, 0.3) is 0 Å². The summed E-state index contributed by atoms with van der Waals surface area (Å²) in [5, 5.41) is 0.778. The van der Waals surface area contributed by atoms with Crippen molar-refractivity contribution < 1.29 is 17.9 Å². The van der Waals surface area contributed by atoms with Gasteiger partial charge in [0.05, 0.1) is 17.3 Å². The molecule has 0 unspecified atom stereocenters. The fourth-order valence-electron chi connectivity index (χ4n) is 1.81. The molecule has 0 bridgehead atoms. The molecule has 2 aromatic rings. The largest absolute Gasteiger partial charge is 0.411 e. The quantitative estimate of drug-likeness (QED) is 0.681. The number of thiazole rings is 1. The molecule has 114 valence electrons. The van der Waals surface area contributed by atoms with Gasteiger partial charge >= 0.3 is 6.18 Å². The van der Waals surface area contributed by atoms with Crippen LogP contribution in [0.1, 0.15) is 9.88 Å². The summed E-state index contributed by atoms with van der Waals surface area (Å²) in [6.07, 6.45) is -3.90. The Morgan fingerprint density at radius 3 is 2.67 bits per heavy atom. The zero-order valence-electron chi connectivity index (χ0n) is 11.2. The first kappa shape index (κ1) is 16.5. The Morgan fingerprint density at radius 2 is 2.00 bits per heavy atom. The first-order valence-corrected chi connectivity index (χ1v) is 7.83. The van der Waals surface area contributed by atoms with E-state index >= 15 is 0 Å². The third-order valence-electron chi connectivity index (χ3n) is 2.70. The Balaban J connectivity index is 2.02. The van der Waals surface area contributed by atoms with E-state index in [1.54, 1.807) is 0 Å². The Kier molecular flexibility index (Phi) is 5.40. The van der Waals surface area contributed by atoms with Crippen molar-refractivity contribution in [3.05, 3.63) is 38.6 Å². The maximum atomic E-state index is 12.0. The Hall–Kier alpha value is -0.920. The van der Waals surface area contributed by atoms with Gasteiger partial charge in [-0.05, 0) is 13.0 Å². The minimum absolute atomic E-state index is 0.0157. The van der Waals surface area contributed by atoms with Gasteiger partial charge in [0, 0.05) is 21.3 Å². The van der Waals surface area contributed by atoms with Crippen LogP contribution in [0.2, 0.25) is 0 Å². The van der Waals surface area contributed by atoms with Crippen molar-refractivity contribution in [1.82, 2.24) is 4.98 Å². The van der Waals surface area contributed by atoms with Crippen LogP contribution in [0, 0.1) is 6.92 Å². The molecule has 0 aliphatic rings. The highest BCUT2D eigenvalue weighted by molar-refractivity contribution is 9.10. The third-order valence-corrected chi connectivity index (χ3v) is 4.42. The van der Waals surface area contributed by atoms with Crippen molar-refractivity contribution >= 4 is 27.3 Å². The molecule has 0 fully saturated rings. The molecule has 21 heavy (non-hydrogen) atoms. The summed E-state index contributed by atoms with van der Waals surface area (Å²) in [7, 11) is 0. The number of nitrogens with zero attached hydrogens (tertiary/aromatic N) is 1. The highest BCUT2D eigenvalue weighted by Gasteiger charge is 2.27. The van der Waals surface area contributed by atoms with Crippen molar-refractivity contribution in [1.29, 1.82) is 0 Å². The van der Waals surface area contributed by atoms with Gasteiger partial charge in [-0.15, -0.1) is 11.3 Å². The maximum absolute atomic E-state index is 12.0. The van der Waals surface area contributed by atoms with Crippen LogP contribution in [0.4, 0.5) is 13.2 Å². The van der Waals surface area contributed by atoms with E-state index in [1.165, 1.54) is 11.3 Å². The number of aryl methyl sites for hydroxylation is 1. The molecule has 0 saturated heterocycles. The van der Waals surface area contributed by atoms with Crippen LogP contribution in [0.15, 0.2) is 28.7 Å². The second-order valence-corrected chi connectivity index (χ2v) is 6.55. The molecule has 7 heteroatoms. The van der Waals surface area contributed by atoms with E-state index < -0.39 is 12.8 Å². The van der Waals surface area contributed by atoms with Crippen molar-refractivity contribution in [2.24, 2.45) is 0 Å². The zero-order chi connectivity index (χ0) is 15.5. The molecule has 1 aromatic heterocycles. The van der Waals surface area contributed by atoms with Crippen molar-refractivity contribution in [3.8, 4) is 11.3 Å². The average molecular weight is 380 g/mol. The maximum Gasteiger partial charge on any atom is 0.411 e. The average Bonchev–Trinajstić information content (AvgIpc) is 2.75. The molecule has 0 amide bonds. The molecule has 0 aliphatic carbocycles. The molecule has 0 saturated carbocycles. The molecular weight excluding hydrogens is 367 g/mol. The van der Waals surface area contributed by atoms with Gasteiger partial charge in [-0.3, -0.25) is 0 Å². The highest BCUT2D eigenvalue weighted by Crippen LogP contribution is 2.32. The second-order valence-electron chi connectivity index (χ2n) is 4.41. The molecular formula is C14H13BrF3NOS. The predicted molar refractivity (Wildman–Crippen MR) is 80.6 cm³/mol. The first-order valence-electron chi connectivity index (χ1n) is 6.22. The third kappa shape index (κ3) is 4.79. The number of aromatic nitrogens is 1. The molecule has 0 radical (unpaired) electrons. The van der Waals surface area contributed by atoms with E-state index in [9.17, 15) is 13.2 Å². The van der Waals surface area contributed by atoms with Gasteiger partial charge in [0.1, 0.15) is 6.61 Å². The lowest BCUT2D eigenvalue weighted by Crippen LogP contribution is -2.17. The minimum Gasteiger partial charge on any atom is -0.372 e. The number of hydrogen-bond donors (Lipinski definition) is 0. The molecule has 2 nitrogen and oxygen atoms in total. The molecule has 0 atom stereocenters. The molecule has 2 rings (SSSR count). The summed E-state index contributed by atoms with van der Waals surface area (Å²) >= 11 is 4.96. The van der Waals surface area contributed by atoms with Crippen LogP contribution in [0.3, 0.4) is 0 Å². The van der Waals surface area contributed by atoms with Crippen LogP contribution in [0.25, 0.3) is 11.3 Å². The van der Waals surface area contributed by atoms with Gasteiger partial charge in [-0.2, -0.15) is 13.2 Å². The smallest absolute Gasteiger partial charge is 0.372 e. The highest BCUT2D eigenvalue weighted by atomic mass is 79.9. The summed E-state index contributed by atoms with van der Waals surface area (Å²) in [6.45, 7) is 0.753. The fourth-order valence-corrected chi connectivity index (χ4v) is 3.21. The van der Waals surface area contributed by atoms with Crippen LogP contribution >= 0.6 is 27.3 Å². The second kappa shape index (κ2) is 6.89. The lowest BCUT2D eigenvalue weighted by Gasteiger charge is -2.06. The topological polar surface area (TPSA) is 22.1 Å². The Labute approximate surface area is 133 Å². The number of ether oxygens (including phenoxy) is 1. The molecule has 1 heterocycles. The van der Waals surface area contributed by atoms with Gasteiger partial charge in [0.15, 0.2) is 0 Å². The lowest BCUT2D eigenvalue weighted by atomic mass is 10.1. The van der Waals surface area contributed by atoms with Crippen molar-refractivity contribution in [2.75, 3.05) is 13.2 Å². The van der Waals surface area contributed by atoms with E-state index in [1.807, 2.05) is 31.2 Å². The number of benzene rings is 1. The van der Waals surface area contributed by atoms with E-state index in [2.05, 4.69) is 25.7 Å². The zero-order valence-corrected chi connectivity index (χ0v) is 13.6. The predicted octanol–water partition coefficient (Wildman–Crippen LogP) is 5.00. The lowest BCUT2D eigenvalue weighted by molar-refractivity contribution is -0.173. The standard InChI is InChI=1S/C14H13BrF3NOS/c1-9-13(10-4-2-3-5-11(10)15)19-12(21-9)6-7-20-8-14(16,17)18/h2-5H,6-8H2,1H3. The van der Waals surface area contributed by atoms with E-state index in [4.69, 9.17) is 0 Å². The monoisotopic (exact) mass is 379 g/mol. The number of hydrogen-bond acceptors (Lipinski definition) is 3. The molecule has 0 aliphatic heterocycles. The van der Waals surface area contributed by atoms with Gasteiger partial charge < -0.3 is 4.74 Å². The summed E-state index contributed by atoms with van der Waals surface area (Å²) < 4.78 is 41.5. The summed E-state index contributed by atoms with van der Waals surface area (Å²) in [6, 6.07) is 7.72. The van der Waals surface area contributed by atoms with Crippen LogP contribution in [-0.2, 0) is 11.2 Å². The van der Waals surface area contributed by atoms with Crippen LogP contribution < -0.4 is 0 Å². The molecule has 1 aromatic carbocycles. The van der Waals surface area contributed by atoms with E-state index in [0.717, 1.165) is 25.6 Å². The van der Waals surface area contributed by atoms with Gasteiger partial charge in [-0.25, -0.2) is 4.98 Å². The van der Waals surface area contributed by atoms with Gasteiger partial charge in [-0.1, -0.05) is 34.1 Å². The van der Waals surface area contributed by atoms with E-state index in [-0.39, 0.29) is 6.61 Å². The van der Waals surface area contributed by atoms with E-state index in [0.29, 0.717) is 6.42 Å². The summed E-state index contributed by atoms with van der Waals surface area (Å²) in [5.74, 6) is 0. The van der Waals surface area contributed by atoms with Crippen molar-refractivity contribution in [2.45, 2.75) is 19.5 Å². The minimum atomic E-state index is -4.28. The Bertz CT molecular complexity index is 613. The molecule has 0 spiro atoms. The summed E-state index contributed by atoms with van der Waals surface area (Å²) in [4.78, 5) is 5.54.